The van der Waals surface area contributed by atoms with Crippen molar-refractivity contribution in [3.63, 3.8) is 0 Å². The van der Waals surface area contributed by atoms with Crippen molar-refractivity contribution in [1.82, 2.24) is 0 Å². The van der Waals surface area contributed by atoms with E-state index in [0.717, 1.165) is 0 Å². The Kier molecular flexibility index (Phi) is 6.63. The summed E-state index contributed by atoms with van der Waals surface area (Å²) < 4.78 is 0. The van der Waals surface area contributed by atoms with Crippen LogP contribution in [0.5, 0.6) is 0 Å². The fourth-order valence-corrected chi connectivity index (χ4v) is 8.46. The van der Waals surface area contributed by atoms with E-state index < -0.39 is 0 Å². The van der Waals surface area contributed by atoms with Gasteiger partial charge in [-0.2, -0.15) is 0 Å². The molecule has 0 aromatic heterocycles. The summed E-state index contributed by atoms with van der Waals surface area (Å²) in [6, 6.07) is 61.8. The number of hydrogen-bond acceptors (Lipinski definition) is 0. The second kappa shape index (κ2) is 11.4. The van der Waals surface area contributed by atoms with Gasteiger partial charge >= 0.3 is 0 Å². The van der Waals surface area contributed by atoms with Crippen molar-refractivity contribution >= 4 is 64.6 Å². The van der Waals surface area contributed by atoms with Crippen LogP contribution < -0.4 is 0 Å². The molecule has 10 aromatic rings. The van der Waals surface area contributed by atoms with E-state index in [0.29, 0.717) is 0 Å². The van der Waals surface area contributed by atoms with E-state index in [-0.39, 0.29) is 0 Å². The molecule has 51 heavy (non-hydrogen) atoms. The zero-order valence-corrected chi connectivity index (χ0v) is 29.1. The molecule has 0 bridgehead atoms. The average Bonchev–Trinajstić information content (AvgIpc) is 3.17. The van der Waals surface area contributed by atoms with Crippen LogP contribution in [0, 0.1) is 20.8 Å². The van der Waals surface area contributed by atoms with Gasteiger partial charge in [0.05, 0.1) is 0 Å². The Morgan fingerprint density at radius 2 is 0.510 bits per heavy atom. The number of benzene rings is 10. The van der Waals surface area contributed by atoms with E-state index in [1.807, 2.05) is 0 Å². The molecule has 0 atom stereocenters. The van der Waals surface area contributed by atoms with Crippen LogP contribution >= 0.6 is 0 Å². The summed E-state index contributed by atoms with van der Waals surface area (Å²) >= 11 is 0. The normalized spacial score (nSPS) is 11.8. The van der Waals surface area contributed by atoms with Gasteiger partial charge in [0.2, 0.25) is 0 Å². The molecule has 0 nitrogen and oxygen atoms in total. The maximum Gasteiger partial charge on any atom is -0.00986 e. The Labute approximate surface area is 298 Å². The highest BCUT2D eigenvalue weighted by atomic mass is 14.2. The lowest BCUT2D eigenvalue weighted by atomic mass is 9.86. The van der Waals surface area contributed by atoms with Crippen molar-refractivity contribution in [1.29, 1.82) is 0 Å². The van der Waals surface area contributed by atoms with Crippen LogP contribution in [-0.2, 0) is 0 Å². The third-order valence-corrected chi connectivity index (χ3v) is 10.9. The van der Waals surface area contributed by atoms with Gasteiger partial charge in [0.1, 0.15) is 0 Å². The topological polar surface area (TPSA) is 0 Å². The smallest absolute Gasteiger partial charge is 0.00986 e. The molecule has 0 spiro atoms. The predicted octanol–water partition coefficient (Wildman–Crippen LogP) is 14.5. The average molecular weight is 649 g/mol. The summed E-state index contributed by atoms with van der Waals surface area (Å²) in [6.45, 7) is 6.55. The molecule has 10 aromatic carbocycles. The summed E-state index contributed by atoms with van der Waals surface area (Å²) in [7, 11) is 0. The molecular formula is C51H36. The number of hydrogen-bond donors (Lipinski definition) is 0. The molecule has 0 saturated carbocycles. The summed E-state index contributed by atoms with van der Waals surface area (Å²) in [5, 5.41) is 15.4. The van der Waals surface area contributed by atoms with Gasteiger partial charge < -0.3 is 0 Å². The largest absolute Gasteiger partial charge is 0.0616 e. The maximum absolute atomic E-state index is 2.43. The van der Waals surface area contributed by atoms with Gasteiger partial charge in [-0.1, -0.05) is 144 Å². The van der Waals surface area contributed by atoms with Crippen LogP contribution in [0.2, 0.25) is 0 Å². The zero-order chi connectivity index (χ0) is 34.2. The standard InChI is InChI=1S/C51H36/c1-31-16-19-34-28-49(43-13-7-4-10-40(43)46(34)22-31)37-25-38(50-29-35-20-17-32(2)23-47(35)41-11-5-8-14-44(41)50)27-39(26-37)51-30-36-21-18-33(3)24-48(36)42-12-6-9-15-45(42)51/h4-30H,1-3H3. The minimum Gasteiger partial charge on any atom is -0.0616 e. The first kappa shape index (κ1) is 29.7. The van der Waals surface area contributed by atoms with E-state index in [1.165, 1.54) is 115 Å². The number of fused-ring (bicyclic) bond motifs is 9. The van der Waals surface area contributed by atoms with Gasteiger partial charge in [0.15, 0.2) is 0 Å². The van der Waals surface area contributed by atoms with Gasteiger partial charge in [-0.15, -0.1) is 0 Å². The molecule has 0 amide bonds. The van der Waals surface area contributed by atoms with E-state index in [4.69, 9.17) is 0 Å². The fraction of sp³-hybridized carbons (Fsp3) is 0.0588. The van der Waals surface area contributed by atoms with Crippen molar-refractivity contribution in [3.8, 4) is 33.4 Å². The molecule has 240 valence electrons. The lowest BCUT2D eigenvalue weighted by molar-refractivity contribution is 1.51. The van der Waals surface area contributed by atoms with Gasteiger partial charge in [0, 0.05) is 0 Å². The minimum atomic E-state index is 1.22. The Hall–Kier alpha value is -6.24. The van der Waals surface area contributed by atoms with Crippen LogP contribution in [0.4, 0.5) is 0 Å². The molecule has 0 unspecified atom stereocenters. The van der Waals surface area contributed by atoms with Crippen LogP contribution in [0.25, 0.3) is 98.0 Å². The molecule has 0 aliphatic rings. The first-order chi connectivity index (χ1) is 25.0. The van der Waals surface area contributed by atoms with Crippen molar-refractivity contribution in [2.45, 2.75) is 20.8 Å². The van der Waals surface area contributed by atoms with Gasteiger partial charge in [-0.3, -0.25) is 0 Å². The summed E-state index contributed by atoms with van der Waals surface area (Å²) in [6.07, 6.45) is 0. The lowest BCUT2D eigenvalue weighted by Gasteiger charge is -2.18. The summed E-state index contributed by atoms with van der Waals surface area (Å²) in [5.74, 6) is 0. The lowest BCUT2D eigenvalue weighted by Crippen LogP contribution is -1.91. The Morgan fingerprint density at radius 1 is 0.235 bits per heavy atom. The van der Waals surface area contributed by atoms with Crippen molar-refractivity contribution in [3.05, 3.63) is 180 Å². The molecule has 0 N–H and O–H groups in total. The van der Waals surface area contributed by atoms with E-state index in [1.54, 1.807) is 0 Å². The highest BCUT2D eigenvalue weighted by molar-refractivity contribution is 6.18. The summed E-state index contributed by atoms with van der Waals surface area (Å²) in [5.41, 5.74) is 11.3. The zero-order valence-electron chi connectivity index (χ0n) is 29.1. The van der Waals surface area contributed by atoms with E-state index in [2.05, 4.69) is 185 Å². The maximum atomic E-state index is 2.43. The van der Waals surface area contributed by atoms with Crippen molar-refractivity contribution in [2.24, 2.45) is 0 Å². The van der Waals surface area contributed by atoms with Gasteiger partial charge in [-0.25, -0.2) is 0 Å². The molecular weight excluding hydrogens is 613 g/mol. The van der Waals surface area contributed by atoms with Crippen LogP contribution in [0.3, 0.4) is 0 Å². The SMILES string of the molecule is Cc1ccc2cc(-c3cc(-c4cc5ccc(C)cc5c5ccccc45)cc(-c4cc5ccc(C)cc5c5ccccc45)c3)c3ccccc3c2c1. The summed E-state index contributed by atoms with van der Waals surface area (Å²) in [4.78, 5) is 0. The Balaban J connectivity index is 1.34. The molecule has 0 heteroatoms. The van der Waals surface area contributed by atoms with Crippen LogP contribution in [0.1, 0.15) is 16.7 Å². The van der Waals surface area contributed by atoms with Gasteiger partial charge in [-0.05, 0) is 155 Å². The molecule has 10 rings (SSSR count). The van der Waals surface area contributed by atoms with Crippen molar-refractivity contribution < 1.29 is 0 Å². The highest BCUT2D eigenvalue weighted by Crippen LogP contribution is 2.44. The highest BCUT2D eigenvalue weighted by Gasteiger charge is 2.17. The molecule has 0 aliphatic heterocycles. The van der Waals surface area contributed by atoms with Gasteiger partial charge in [0.25, 0.3) is 0 Å². The number of aryl methyl sites for hydroxylation is 3. The predicted molar refractivity (Wildman–Crippen MR) is 222 cm³/mol. The second-order valence-corrected chi connectivity index (χ2v) is 14.4. The first-order valence-electron chi connectivity index (χ1n) is 17.9. The Morgan fingerprint density at radius 3 is 0.804 bits per heavy atom. The fourth-order valence-electron chi connectivity index (χ4n) is 8.46. The molecule has 0 heterocycles. The van der Waals surface area contributed by atoms with Crippen molar-refractivity contribution in [2.75, 3.05) is 0 Å². The van der Waals surface area contributed by atoms with Crippen LogP contribution in [0.15, 0.2) is 164 Å². The number of rotatable bonds is 3. The van der Waals surface area contributed by atoms with E-state index in [9.17, 15) is 0 Å². The third kappa shape index (κ3) is 4.83. The quantitative estimate of drug-likeness (QED) is 0.167. The molecule has 0 saturated heterocycles. The molecule has 0 aliphatic carbocycles. The molecule has 0 fully saturated rings. The van der Waals surface area contributed by atoms with Crippen LogP contribution in [-0.4, -0.2) is 0 Å². The third-order valence-electron chi connectivity index (χ3n) is 10.9. The monoisotopic (exact) mass is 648 g/mol. The van der Waals surface area contributed by atoms with E-state index >= 15 is 0 Å². The second-order valence-electron chi connectivity index (χ2n) is 14.4. The molecule has 0 radical (unpaired) electrons. The Bertz CT molecular complexity index is 2710. The first-order valence-corrected chi connectivity index (χ1v) is 17.9. The minimum absolute atomic E-state index is 1.22.